The van der Waals surface area contributed by atoms with Gasteiger partial charge in [0.1, 0.15) is 29.8 Å². The van der Waals surface area contributed by atoms with Gasteiger partial charge in [-0.1, -0.05) is 6.07 Å². The summed E-state index contributed by atoms with van der Waals surface area (Å²) in [6.07, 6.45) is 0. The first-order valence-corrected chi connectivity index (χ1v) is 5.69. The predicted octanol–water partition coefficient (Wildman–Crippen LogP) is 1.36. The van der Waals surface area contributed by atoms with Crippen LogP contribution in [0.2, 0.25) is 0 Å². The highest BCUT2D eigenvalue weighted by Gasteiger charge is 2.18. The van der Waals surface area contributed by atoms with Crippen LogP contribution in [0.4, 0.5) is 13.2 Å². The van der Waals surface area contributed by atoms with Gasteiger partial charge in [-0.2, -0.15) is 0 Å². The monoisotopic (exact) mass is 282 g/mol. The zero-order valence-corrected chi connectivity index (χ0v) is 10.2. The van der Waals surface area contributed by atoms with Gasteiger partial charge in [-0.05, 0) is 18.2 Å². The summed E-state index contributed by atoms with van der Waals surface area (Å²) in [7, 11) is -1.84. The van der Waals surface area contributed by atoms with Crippen LogP contribution in [0, 0.1) is 17.5 Å². The van der Waals surface area contributed by atoms with Gasteiger partial charge in [-0.25, -0.2) is 13.2 Å². The van der Waals surface area contributed by atoms with Crippen molar-refractivity contribution in [2.75, 3.05) is 0 Å². The van der Waals surface area contributed by atoms with Gasteiger partial charge in [-0.15, -0.1) is 0 Å². The van der Waals surface area contributed by atoms with Crippen molar-refractivity contribution in [3.63, 3.8) is 0 Å². The van der Waals surface area contributed by atoms with Gasteiger partial charge in [0.05, 0.1) is 0 Å². The molecule has 104 valence electrons. The summed E-state index contributed by atoms with van der Waals surface area (Å²) >= 11 is 0. The van der Waals surface area contributed by atoms with E-state index in [1.165, 1.54) is 6.07 Å². The van der Waals surface area contributed by atoms with Crippen LogP contribution in [0.3, 0.4) is 0 Å². The highest BCUT2D eigenvalue weighted by atomic mass is 19.1. The maximum Gasteiger partial charge on any atom is 0.492 e. The Labute approximate surface area is 113 Å². The quantitative estimate of drug-likeness (QED) is 0.832. The lowest BCUT2D eigenvalue weighted by molar-refractivity contribution is 0.298. The van der Waals surface area contributed by atoms with E-state index in [1.54, 1.807) is 0 Å². The Morgan fingerprint density at radius 1 is 0.950 bits per heavy atom. The predicted molar refractivity (Wildman–Crippen MR) is 66.9 cm³/mol. The molecule has 0 aliphatic carbocycles. The summed E-state index contributed by atoms with van der Waals surface area (Å²) in [4.78, 5) is 0. The first-order valence-electron chi connectivity index (χ1n) is 5.69. The molecule has 0 atom stereocenters. The Balaban J connectivity index is 2.20. The molecule has 2 N–H and O–H groups in total. The summed E-state index contributed by atoms with van der Waals surface area (Å²) in [6, 6.07) is 6.10. The lowest BCUT2D eigenvalue weighted by atomic mass is 9.79. The summed E-state index contributed by atoms with van der Waals surface area (Å²) < 4.78 is 44.4. The molecule has 0 heterocycles. The first-order chi connectivity index (χ1) is 9.47. The normalized spacial score (nSPS) is 10.4. The third kappa shape index (κ3) is 3.31. The molecule has 0 aromatic heterocycles. The van der Waals surface area contributed by atoms with Crippen LogP contribution in [-0.2, 0) is 6.61 Å². The Kier molecular flexibility index (Phi) is 4.31. The fourth-order valence-electron chi connectivity index (χ4n) is 1.64. The molecule has 0 unspecified atom stereocenters. The molecule has 0 bridgehead atoms. The van der Waals surface area contributed by atoms with Crippen molar-refractivity contribution < 1.29 is 28.0 Å². The molecule has 0 aliphatic heterocycles. The summed E-state index contributed by atoms with van der Waals surface area (Å²) in [5.74, 6) is -2.27. The zero-order valence-electron chi connectivity index (χ0n) is 10.2. The molecule has 0 saturated carbocycles. The molecule has 2 aromatic carbocycles. The maximum atomic E-state index is 13.4. The van der Waals surface area contributed by atoms with E-state index in [4.69, 9.17) is 14.8 Å². The van der Waals surface area contributed by atoms with E-state index in [-0.39, 0.29) is 23.4 Å². The first kappa shape index (κ1) is 14.4. The molecule has 0 spiro atoms. The number of hydrogen-bond donors (Lipinski definition) is 2. The lowest BCUT2D eigenvalue weighted by Crippen LogP contribution is -2.31. The molecule has 20 heavy (non-hydrogen) atoms. The average Bonchev–Trinajstić information content (AvgIpc) is 2.37. The van der Waals surface area contributed by atoms with E-state index in [0.717, 1.165) is 24.3 Å². The van der Waals surface area contributed by atoms with E-state index >= 15 is 0 Å². The molecule has 0 saturated heterocycles. The molecule has 0 amide bonds. The molecule has 0 aliphatic rings. The molecule has 3 nitrogen and oxygen atoms in total. The molecular weight excluding hydrogens is 272 g/mol. The Bertz CT molecular complexity index is 620. The minimum absolute atomic E-state index is 0.0473. The Morgan fingerprint density at radius 2 is 1.60 bits per heavy atom. The SMILES string of the molecule is OB(O)c1ccc(F)cc1OCc1ccc(F)cc1F. The molecule has 2 rings (SSSR count). The molecule has 7 heteroatoms. The maximum absolute atomic E-state index is 13.4. The van der Waals surface area contributed by atoms with Crippen LogP contribution in [-0.4, -0.2) is 17.2 Å². The van der Waals surface area contributed by atoms with Gasteiger partial charge in [0.15, 0.2) is 0 Å². The van der Waals surface area contributed by atoms with Crippen molar-refractivity contribution in [2.45, 2.75) is 6.61 Å². The average molecular weight is 282 g/mol. The summed E-state index contributed by atoms with van der Waals surface area (Å²) in [5.41, 5.74) is 0.0166. The van der Waals surface area contributed by atoms with Gasteiger partial charge in [0.25, 0.3) is 0 Å². The topological polar surface area (TPSA) is 49.7 Å². The molecule has 0 radical (unpaired) electrons. The van der Waals surface area contributed by atoms with Crippen molar-refractivity contribution >= 4 is 12.6 Å². The van der Waals surface area contributed by atoms with Gasteiger partial charge >= 0.3 is 7.12 Å². The second kappa shape index (κ2) is 5.98. The van der Waals surface area contributed by atoms with Gasteiger partial charge in [0.2, 0.25) is 0 Å². The van der Waals surface area contributed by atoms with Crippen molar-refractivity contribution in [1.82, 2.24) is 0 Å². The van der Waals surface area contributed by atoms with Crippen molar-refractivity contribution in [1.29, 1.82) is 0 Å². The standard InChI is InChI=1S/C13H10BF3O3/c15-9-2-1-8(12(17)5-9)7-20-13-6-10(16)3-4-11(13)14(18)19/h1-6,18-19H,7H2. The fraction of sp³-hybridized carbons (Fsp3) is 0.0769. The van der Waals surface area contributed by atoms with Crippen molar-refractivity contribution in [3.8, 4) is 5.75 Å². The summed E-state index contributed by atoms with van der Waals surface area (Å²) in [5, 5.41) is 18.2. The van der Waals surface area contributed by atoms with E-state index in [9.17, 15) is 13.2 Å². The van der Waals surface area contributed by atoms with Crippen LogP contribution >= 0.6 is 0 Å². The minimum Gasteiger partial charge on any atom is -0.489 e. The number of halogens is 3. The van der Waals surface area contributed by atoms with Crippen LogP contribution in [0.15, 0.2) is 36.4 Å². The molecule has 0 fully saturated rings. The number of hydrogen-bond acceptors (Lipinski definition) is 3. The summed E-state index contributed by atoms with van der Waals surface area (Å²) in [6.45, 7) is -0.296. The van der Waals surface area contributed by atoms with Crippen molar-refractivity contribution in [2.24, 2.45) is 0 Å². The lowest BCUT2D eigenvalue weighted by Gasteiger charge is -2.11. The largest absolute Gasteiger partial charge is 0.492 e. The number of ether oxygens (including phenoxy) is 1. The van der Waals surface area contributed by atoms with Crippen LogP contribution in [0.25, 0.3) is 0 Å². The number of rotatable bonds is 4. The number of benzene rings is 2. The van der Waals surface area contributed by atoms with Crippen molar-refractivity contribution in [3.05, 3.63) is 59.4 Å². The van der Waals surface area contributed by atoms with E-state index in [0.29, 0.717) is 6.07 Å². The third-order valence-corrected chi connectivity index (χ3v) is 2.65. The van der Waals surface area contributed by atoms with Crippen LogP contribution in [0.5, 0.6) is 5.75 Å². The zero-order chi connectivity index (χ0) is 14.7. The van der Waals surface area contributed by atoms with E-state index < -0.39 is 24.6 Å². The van der Waals surface area contributed by atoms with Gasteiger partial charge < -0.3 is 14.8 Å². The molecule has 2 aromatic rings. The highest BCUT2D eigenvalue weighted by molar-refractivity contribution is 6.59. The second-order valence-electron chi connectivity index (χ2n) is 4.08. The highest BCUT2D eigenvalue weighted by Crippen LogP contribution is 2.15. The van der Waals surface area contributed by atoms with E-state index in [1.807, 2.05) is 0 Å². The van der Waals surface area contributed by atoms with Gasteiger partial charge in [-0.3, -0.25) is 0 Å². The Hall–Kier alpha value is -1.99. The van der Waals surface area contributed by atoms with Gasteiger partial charge in [0, 0.05) is 23.2 Å². The Morgan fingerprint density at radius 3 is 2.25 bits per heavy atom. The third-order valence-electron chi connectivity index (χ3n) is 2.65. The second-order valence-corrected chi connectivity index (χ2v) is 4.08. The minimum atomic E-state index is -1.84. The fourth-order valence-corrected chi connectivity index (χ4v) is 1.64. The van der Waals surface area contributed by atoms with Crippen LogP contribution in [0.1, 0.15) is 5.56 Å². The smallest absolute Gasteiger partial charge is 0.489 e. The van der Waals surface area contributed by atoms with E-state index in [2.05, 4.69) is 0 Å². The van der Waals surface area contributed by atoms with Crippen LogP contribution < -0.4 is 10.2 Å². The molecular formula is C13H10BF3O3.